The lowest BCUT2D eigenvalue weighted by molar-refractivity contribution is 0.0851. The number of nitrogens with one attached hydrogen (secondary N) is 1. The summed E-state index contributed by atoms with van der Waals surface area (Å²) >= 11 is 3.46. The van der Waals surface area contributed by atoms with Gasteiger partial charge < -0.3 is 5.32 Å². The van der Waals surface area contributed by atoms with E-state index in [1.165, 1.54) is 6.42 Å². The van der Waals surface area contributed by atoms with Crippen LogP contribution in [0.3, 0.4) is 0 Å². The van der Waals surface area contributed by atoms with E-state index in [1.807, 2.05) is 19.1 Å². The van der Waals surface area contributed by atoms with Crippen molar-refractivity contribution >= 4 is 21.8 Å². The third-order valence-electron chi connectivity index (χ3n) is 3.07. The highest BCUT2D eigenvalue weighted by Gasteiger charge is 2.37. The van der Waals surface area contributed by atoms with Crippen LogP contribution in [0.4, 0.5) is 0 Å². The maximum Gasteiger partial charge on any atom is 0.270 e. The fourth-order valence-corrected chi connectivity index (χ4v) is 2.57. The maximum absolute atomic E-state index is 12.0. The molecule has 0 saturated heterocycles. The minimum absolute atomic E-state index is 0.0392. The fourth-order valence-electron chi connectivity index (χ4n) is 1.87. The number of rotatable bonds is 3. The Balaban J connectivity index is 2.08. The number of halogens is 1. The van der Waals surface area contributed by atoms with Crippen molar-refractivity contribution in [3.63, 3.8) is 0 Å². The van der Waals surface area contributed by atoms with E-state index in [9.17, 15) is 4.79 Å². The van der Waals surface area contributed by atoms with Gasteiger partial charge in [-0.2, -0.15) is 0 Å². The van der Waals surface area contributed by atoms with Crippen LogP contribution in [0.5, 0.6) is 0 Å². The van der Waals surface area contributed by atoms with Gasteiger partial charge in [0.1, 0.15) is 5.69 Å². The summed E-state index contributed by atoms with van der Waals surface area (Å²) in [6, 6.07) is 5.50. The number of hydrogen-bond acceptors (Lipinski definition) is 2. The van der Waals surface area contributed by atoms with Gasteiger partial charge in [-0.25, -0.2) is 4.98 Å². The van der Waals surface area contributed by atoms with Crippen LogP contribution in [0.15, 0.2) is 18.2 Å². The second kappa shape index (κ2) is 4.53. The van der Waals surface area contributed by atoms with Gasteiger partial charge in [-0.1, -0.05) is 22.0 Å². The Morgan fingerprint density at radius 3 is 2.81 bits per heavy atom. The summed E-state index contributed by atoms with van der Waals surface area (Å²) in [7, 11) is 0. The quantitative estimate of drug-likeness (QED) is 0.866. The highest BCUT2D eigenvalue weighted by Crippen LogP contribution is 2.33. The Morgan fingerprint density at radius 2 is 2.31 bits per heavy atom. The van der Waals surface area contributed by atoms with Gasteiger partial charge in [0, 0.05) is 11.0 Å². The summed E-state index contributed by atoms with van der Waals surface area (Å²) in [5, 5.41) is 3.89. The molecule has 1 aromatic rings. The first kappa shape index (κ1) is 11.6. The van der Waals surface area contributed by atoms with Crippen molar-refractivity contribution in [1.29, 1.82) is 0 Å². The van der Waals surface area contributed by atoms with E-state index in [2.05, 4.69) is 26.2 Å². The molecule has 4 heteroatoms. The molecule has 16 heavy (non-hydrogen) atoms. The van der Waals surface area contributed by atoms with Crippen molar-refractivity contribution in [3.8, 4) is 0 Å². The zero-order valence-electron chi connectivity index (χ0n) is 9.29. The summed E-state index contributed by atoms with van der Waals surface area (Å²) in [5.74, 6) is -0.0668. The standard InChI is InChI=1S/C12H15BrN2O/c1-9-4-2-5-10(14-9)11(16)15-12(8-13)6-3-7-12/h2,4-5H,3,6-8H2,1H3,(H,15,16). The molecule has 1 aliphatic carbocycles. The molecule has 1 aliphatic rings. The van der Waals surface area contributed by atoms with E-state index in [4.69, 9.17) is 0 Å². The van der Waals surface area contributed by atoms with Gasteiger partial charge in [0.05, 0.1) is 5.54 Å². The molecule has 1 fully saturated rings. The van der Waals surface area contributed by atoms with Crippen LogP contribution in [-0.4, -0.2) is 21.8 Å². The lowest BCUT2D eigenvalue weighted by Gasteiger charge is -2.41. The molecule has 1 saturated carbocycles. The smallest absolute Gasteiger partial charge is 0.270 e. The van der Waals surface area contributed by atoms with Crippen LogP contribution >= 0.6 is 15.9 Å². The summed E-state index contributed by atoms with van der Waals surface area (Å²) < 4.78 is 0. The number of pyridine rings is 1. The average molecular weight is 283 g/mol. The lowest BCUT2D eigenvalue weighted by atomic mass is 9.78. The molecule has 0 atom stereocenters. The number of aryl methyl sites for hydroxylation is 1. The van der Waals surface area contributed by atoms with Crippen LogP contribution in [0, 0.1) is 6.92 Å². The summed E-state index contributed by atoms with van der Waals surface area (Å²) in [6.07, 6.45) is 3.29. The molecular weight excluding hydrogens is 268 g/mol. The number of carbonyl (C=O) groups excluding carboxylic acids is 1. The second-order valence-electron chi connectivity index (χ2n) is 4.39. The summed E-state index contributed by atoms with van der Waals surface area (Å²) in [5.41, 5.74) is 1.34. The average Bonchev–Trinajstić information content (AvgIpc) is 2.23. The summed E-state index contributed by atoms with van der Waals surface area (Å²) in [4.78, 5) is 16.2. The number of nitrogens with zero attached hydrogens (tertiary/aromatic N) is 1. The van der Waals surface area contributed by atoms with Gasteiger partial charge in [-0.05, 0) is 38.3 Å². The molecule has 0 unspecified atom stereocenters. The van der Waals surface area contributed by atoms with Crippen molar-refractivity contribution in [2.24, 2.45) is 0 Å². The van der Waals surface area contributed by atoms with Crippen molar-refractivity contribution < 1.29 is 4.79 Å². The third-order valence-corrected chi connectivity index (χ3v) is 4.14. The van der Waals surface area contributed by atoms with Crippen LogP contribution in [0.25, 0.3) is 0 Å². The zero-order valence-corrected chi connectivity index (χ0v) is 10.9. The molecule has 1 aromatic heterocycles. The van der Waals surface area contributed by atoms with E-state index >= 15 is 0 Å². The molecular formula is C12H15BrN2O. The normalized spacial score (nSPS) is 17.6. The number of carbonyl (C=O) groups is 1. The monoisotopic (exact) mass is 282 g/mol. The molecule has 0 aliphatic heterocycles. The van der Waals surface area contributed by atoms with Crippen LogP contribution in [0.2, 0.25) is 0 Å². The predicted molar refractivity (Wildman–Crippen MR) is 66.8 cm³/mol. The van der Waals surface area contributed by atoms with Gasteiger partial charge in [0.25, 0.3) is 5.91 Å². The molecule has 0 aromatic carbocycles. The topological polar surface area (TPSA) is 42.0 Å². The van der Waals surface area contributed by atoms with Crippen LogP contribution in [-0.2, 0) is 0 Å². The molecule has 0 radical (unpaired) electrons. The fraction of sp³-hybridized carbons (Fsp3) is 0.500. The predicted octanol–water partition coefficient (Wildman–Crippen LogP) is 2.44. The zero-order chi connectivity index (χ0) is 11.6. The van der Waals surface area contributed by atoms with Crippen molar-refractivity contribution in [2.75, 3.05) is 5.33 Å². The minimum Gasteiger partial charge on any atom is -0.344 e. The first-order valence-corrected chi connectivity index (χ1v) is 6.59. The van der Waals surface area contributed by atoms with Crippen LogP contribution < -0.4 is 5.32 Å². The molecule has 0 bridgehead atoms. The largest absolute Gasteiger partial charge is 0.344 e. The van der Waals surface area contributed by atoms with E-state index in [1.54, 1.807) is 6.07 Å². The molecule has 3 nitrogen and oxygen atoms in total. The number of amides is 1. The number of alkyl halides is 1. The van der Waals surface area contributed by atoms with Gasteiger partial charge in [-0.3, -0.25) is 4.79 Å². The highest BCUT2D eigenvalue weighted by molar-refractivity contribution is 9.09. The summed E-state index contributed by atoms with van der Waals surface area (Å²) in [6.45, 7) is 1.89. The van der Waals surface area contributed by atoms with E-state index in [0.717, 1.165) is 23.9 Å². The third kappa shape index (κ3) is 2.26. The first-order chi connectivity index (χ1) is 7.65. The Bertz CT molecular complexity index is 396. The Hall–Kier alpha value is -0.900. The molecule has 2 rings (SSSR count). The van der Waals surface area contributed by atoms with Gasteiger partial charge in [-0.15, -0.1) is 0 Å². The molecule has 0 spiro atoms. The van der Waals surface area contributed by atoms with Crippen LogP contribution in [0.1, 0.15) is 35.4 Å². The van der Waals surface area contributed by atoms with Gasteiger partial charge in [0.2, 0.25) is 0 Å². The van der Waals surface area contributed by atoms with E-state index in [-0.39, 0.29) is 11.4 Å². The van der Waals surface area contributed by atoms with Gasteiger partial charge >= 0.3 is 0 Å². The van der Waals surface area contributed by atoms with Crippen molar-refractivity contribution in [2.45, 2.75) is 31.7 Å². The Kier molecular flexibility index (Phi) is 3.28. The first-order valence-electron chi connectivity index (χ1n) is 5.47. The lowest BCUT2D eigenvalue weighted by Crippen LogP contribution is -2.55. The molecule has 1 amide bonds. The molecule has 1 heterocycles. The Morgan fingerprint density at radius 1 is 1.56 bits per heavy atom. The van der Waals surface area contributed by atoms with E-state index in [0.29, 0.717) is 5.69 Å². The second-order valence-corrected chi connectivity index (χ2v) is 4.95. The number of aromatic nitrogens is 1. The van der Waals surface area contributed by atoms with E-state index < -0.39 is 0 Å². The SMILES string of the molecule is Cc1cccc(C(=O)NC2(CBr)CCC2)n1. The van der Waals surface area contributed by atoms with Crippen molar-refractivity contribution in [1.82, 2.24) is 10.3 Å². The minimum atomic E-state index is -0.0668. The van der Waals surface area contributed by atoms with Crippen molar-refractivity contribution in [3.05, 3.63) is 29.6 Å². The van der Waals surface area contributed by atoms with Gasteiger partial charge in [0.15, 0.2) is 0 Å². The Labute approximate surface area is 104 Å². The number of hydrogen-bond donors (Lipinski definition) is 1. The molecule has 86 valence electrons. The highest BCUT2D eigenvalue weighted by atomic mass is 79.9. The molecule has 1 N–H and O–H groups in total. The maximum atomic E-state index is 12.0.